The summed E-state index contributed by atoms with van der Waals surface area (Å²) in [5, 5.41) is 3.08. The highest BCUT2D eigenvalue weighted by molar-refractivity contribution is 5.87. The largest absolute Gasteiger partial charge is 0.469 e. The van der Waals surface area contributed by atoms with Gasteiger partial charge in [0.2, 0.25) is 5.91 Å². The van der Waals surface area contributed by atoms with E-state index in [-0.39, 0.29) is 11.9 Å². The predicted molar refractivity (Wildman–Crippen MR) is 63.3 cm³/mol. The smallest absolute Gasteiger partial charge is 0.240 e. The fourth-order valence-electron chi connectivity index (χ4n) is 2.72. The lowest BCUT2D eigenvalue weighted by Crippen LogP contribution is -2.59. The van der Waals surface area contributed by atoms with Crippen LogP contribution in [0, 0.1) is 0 Å². The number of fused-ring (bicyclic) bond motifs is 1. The molecule has 3 N–H and O–H groups in total. The normalized spacial score (nSPS) is 25.8. The summed E-state index contributed by atoms with van der Waals surface area (Å²) in [6.07, 6.45) is 7.40. The van der Waals surface area contributed by atoms with Crippen molar-refractivity contribution in [1.82, 2.24) is 5.32 Å². The minimum Gasteiger partial charge on any atom is -0.469 e. The third kappa shape index (κ3) is 1.76. The monoisotopic (exact) mass is 234 g/mol. The van der Waals surface area contributed by atoms with Crippen LogP contribution < -0.4 is 11.1 Å². The standard InChI is InChI=1S/C13H18N2O2/c14-13(6-2-7-13)12(16)15-10-3-1-4-11-9(10)5-8-17-11/h5,8,10H,1-4,6-7,14H2,(H,15,16). The Labute approximate surface area is 101 Å². The zero-order valence-corrected chi connectivity index (χ0v) is 9.87. The molecule has 1 atom stereocenters. The second kappa shape index (κ2) is 3.88. The zero-order valence-electron chi connectivity index (χ0n) is 9.87. The van der Waals surface area contributed by atoms with Crippen LogP contribution in [0.5, 0.6) is 0 Å². The molecule has 3 rings (SSSR count). The Hall–Kier alpha value is -1.29. The molecule has 1 aromatic rings. The molecule has 1 amide bonds. The molecular formula is C13H18N2O2. The SMILES string of the molecule is NC1(C(=O)NC2CCCc3occc32)CCC1. The van der Waals surface area contributed by atoms with Crippen LogP contribution in [-0.4, -0.2) is 11.4 Å². The third-order valence-corrected chi connectivity index (χ3v) is 4.06. The molecule has 0 aromatic carbocycles. The van der Waals surface area contributed by atoms with Crippen molar-refractivity contribution in [3.63, 3.8) is 0 Å². The van der Waals surface area contributed by atoms with Gasteiger partial charge in [-0.25, -0.2) is 0 Å². The Kier molecular flexibility index (Phi) is 2.47. The summed E-state index contributed by atoms with van der Waals surface area (Å²) in [5.41, 5.74) is 6.55. The topological polar surface area (TPSA) is 68.3 Å². The van der Waals surface area contributed by atoms with E-state index >= 15 is 0 Å². The highest BCUT2D eigenvalue weighted by Gasteiger charge is 2.41. The lowest BCUT2D eigenvalue weighted by Gasteiger charge is -2.38. The first-order chi connectivity index (χ1) is 8.19. The summed E-state index contributed by atoms with van der Waals surface area (Å²) >= 11 is 0. The molecule has 0 radical (unpaired) electrons. The molecule has 4 nitrogen and oxygen atoms in total. The number of hydrogen-bond donors (Lipinski definition) is 2. The van der Waals surface area contributed by atoms with Crippen LogP contribution in [0.2, 0.25) is 0 Å². The molecular weight excluding hydrogens is 216 g/mol. The van der Waals surface area contributed by atoms with E-state index in [1.807, 2.05) is 6.07 Å². The molecule has 2 aliphatic rings. The fraction of sp³-hybridized carbons (Fsp3) is 0.615. The van der Waals surface area contributed by atoms with Crippen LogP contribution >= 0.6 is 0 Å². The van der Waals surface area contributed by atoms with E-state index in [1.165, 1.54) is 0 Å². The molecule has 1 aromatic heterocycles. The summed E-state index contributed by atoms with van der Waals surface area (Å²) in [6, 6.07) is 2.05. The Morgan fingerprint density at radius 2 is 2.29 bits per heavy atom. The van der Waals surface area contributed by atoms with Gasteiger partial charge >= 0.3 is 0 Å². The van der Waals surface area contributed by atoms with Gasteiger partial charge in [-0.2, -0.15) is 0 Å². The molecule has 1 fully saturated rings. The number of hydrogen-bond acceptors (Lipinski definition) is 3. The van der Waals surface area contributed by atoms with Gasteiger partial charge in [0.05, 0.1) is 17.8 Å². The zero-order chi connectivity index (χ0) is 11.9. The molecule has 92 valence electrons. The van der Waals surface area contributed by atoms with Crippen molar-refractivity contribution in [3.8, 4) is 0 Å². The van der Waals surface area contributed by atoms with Crippen molar-refractivity contribution >= 4 is 5.91 Å². The molecule has 1 unspecified atom stereocenters. The molecule has 0 bridgehead atoms. The number of carbonyl (C=O) groups is 1. The Balaban J connectivity index is 1.73. The van der Waals surface area contributed by atoms with Crippen LogP contribution in [0.1, 0.15) is 49.5 Å². The Morgan fingerprint density at radius 1 is 1.47 bits per heavy atom. The minimum atomic E-state index is -0.610. The quantitative estimate of drug-likeness (QED) is 0.817. The van der Waals surface area contributed by atoms with Crippen LogP contribution in [-0.2, 0) is 11.2 Å². The maximum atomic E-state index is 12.1. The molecule has 17 heavy (non-hydrogen) atoms. The summed E-state index contributed by atoms with van der Waals surface area (Å²) < 4.78 is 5.41. The van der Waals surface area contributed by atoms with Crippen LogP contribution in [0.4, 0.5) is 0 Å². The number of aryl methyl sites for hydroxylation is 1. The van der Waals surface area contributed by atoms with Crippen LogP contribution in [0.3, 0.4) is 0 Å². The maximum absolute atomic E-state index is 12.1. The van der Waals surface area contributed by atoms with Crippen molar-refractivity contribution in [2.24, 2.45) is 5.73 Å². The Morgan fingerprint density at radius 3 is 3.00 bits per heavy atom. The van der Waals surface area contributed by atoms with E-state index in [4.69, 9.17) is 10.2 Å². The van der Waals surface area contributed by atoms with Gasteiger partial charge in [0.15, 0.2) is 0 Å². The maximum Gasteiger partial charge on any atom is 0.240 e. The van der Waals surface area contributed by atoms with Crippen molar-refractivity contribution in [3.05, 3.63) is 23.7 Å². The van der Waals surface area contributed by atoms with Crippen molar-refractivity contribution in [2.75, 3.05) is 0 Å². The van der Waals surface area contributed by atoms with E-state index < -0.39 is 5.54 Å². The molecule has 1 saturated carbocycles. The van der Waals surface area contributed by atoms with Gasteiger partial charge in [-0.3, -0.25) is 4.79 Å². The van der Waals surface area contributed by atoms with Gasteiger partial charge in [-0.15, -0.1) is 0 Å². The Bertz CT molecular complexity index is 434. The molecule has 1 heterocycles. The predicted octanol–water partition coefficient (Wildman–Crippen LogP) is 1.65. The van der Waals surface area contributed by atoms with E-state index in [0.29, 0.717) is 0 Å². The average molecular weight is 234 g/mol. The second-order valence-corrected chi connectivity index (χ2v) is 5.23. The number of nitrogens with two attached hydrogens (primary N) is 1. The lowest BCUT2D eigenvalue weighted by molar-refractivity contribution is -0.130. The highest BCUT2D eigenvalue weighted by atomic mass is 16.3. The van der Waals surface area contributed by atoms with Gasteiger partial charge in [-0.05, 0) is 38.2 Å². The minimum absolute atomic E-state index is 0.00259. The van der Waals surface area contributed by atoms with Crippen molar-refractivity contribution in [2.45, 2.75) is 50.1 Å². The molecule has 0 aliphatic heterocycles. The number of rotatable bonds is 2. The number of carbonyl (C=O) groups excluding carboxylic acids is 1. The first kappa shape index (κ1) is 10.8. The number of nitrogens with one attached hydrogen (secondary N) is 1. The van der Waals surface area contributed by atoms with Gasteiger partial charge < -0.3 is 15.5 Å². The van der Waals surface area contributed by atoms with Crippen molar-refractivity contribution in [1.29, 1.82) is 0 Å². The number of furan rings is 1. The van der Waals surface area contributed by atoms with Crippen LogP contribution in [0.25, 0.3) is 0 Å². The molecule has 2 aliphatic carbocycles. The summed E-state index contributed by atoms with van der Waals surface area (Å²) in [6.45, 7) is 0. The summed E-state index contributed by atoms with van der Waals surface area (Å²) in [5.74, 6) is 1.02. The van der Waals surface area contributed by atoms with Gasteiger partial charge in [0.1, 0.15) is 5.76 Å². The first-order valence-corrected chi connectivity index (χ1v) is 6.35. The van der Waals surface area contributed by atoms with Gasteiger partial charge in [-0.1, -0.05) is 0 Å². The molecule has 0 saturated heterocycles. The molecule has 4 heteroatoms. The van der Waals surface area contributed by atoms with Crippen molar-refractivity contribution < 1.29 is 9.21 Å². The van der Waals surface area contributed by atoms with E-state index in [2.05, 4.69) is 5.32 Å². The first-order valence-electron chi connectivity index (χ1n) is 6.35. The average Bonchev–Trinajstić information content (AvgIpc) is 2.75. The van der Waals surface area contributed by atoms with E-state index in [9.17, 15) is 4.79 Å². The fourth-order valence-corrected chi connectivity index (χ4v) is 2.72. The van der Waals surface area contributed by atoms with E-state index in [1.54, 1.807) is 6.26 Å². The van der Waals surface area contributed by atoms with E-state index in [0.717, 1.165) is 49.8 Å². The summed E-state index contributed by atoms with van der Waals surface area (Å²) in [7, 11) is 0. The summed E-state index contributed by atoms with van der Waals surface area (Å²) in [4.78, 5) is 12.1. The second-order valence-electron chi connectivity index (χ2n) is 5.23. The lowest BCUT2D eigenvalue weighted by atomic mass is 9.76. The van der Waals surface area contributed by atoms with Gasteiger partial charge in [0.25, 0.3) is 0 Å². The number of amides is 1. The third-order valence-electron chi connectivity index (χ3n) is 4.06. The highest BCUT2D eigenvalue weighted by Crippen LogP contribution is 2.33. The van der Waals surface area contributed by atoms with Gasteiger partial charge in [0, 0.05) is 12.0 Å². The molecule has 0 spiro atoms. The van der Waals surface area contributed by atoms with Crippen LogP contribution in [0.15, 0.2) is 16.7 Å².